The molecule has 3 N–H and O–H groups in total. The van der Waals surface area contributed by atoms with Crippen LogP contribution >= 0.6 is 0 Å². The van der Waals surface area contributed by atoms with E-state index in [9.17, 15) is 0 Å². The van der Waals surface area contributed by atoms with Crippen LogP contribution in [0.4, 0.5) is 0 Å². The minimum atomic E-state index is 0.316. The molecule has 0 unspecified atom stereocenters. The molecule has 0 aliphatic heterocycles. The number of rotatable bonds is 11. The molecule has 0 radical (unpaired) electrons. The van der Waals surface area contributed by atoms with Gasteiger partial charge in [0, 0.05) is 13.0 Å². The summed E-state index contributed by atoms with van der Waals surface area (Å²) in [6, 6.07) is 0. The first-order valence-electron chi connectivity index (χ1n) is 6.85. The minimum absolute atomic E-state index is 0.316. The van der Waals surface area contributed by atoms with Crippen LogP contribution in [0.2, 0.25) is 0 Å². The predicted molar refractivity (Wildman–Crippen MR) is 73.5 cm³/mol. The van der Waals surface area contributed by atoms with Crippen molar-refractivity contribution in [2.45, 2.75) is 58.3 Å². The van der Waals surface area contributed by atoms with Crippen molar-refractivity contribution in [3.8, 4) is 0 Å². The number of hydrogen-bond donors (Lipinski definition) is 2. The average Bonchev–Trinajstić information content (AvgIpc) is 2.34. The van der Waals surface area contributed by atoms with Crippen molar-refractivity contribution in [2.24, 2.45) is 10.9 Å². The third-order valence-electron chi connectivity index (χ3n) is 3.02. The Labute approximate surface area is 106 Å². The SMILES string of the molecule is CCCCCCCCCN(C)CC/C(N)=N/O. The van der Waals surface area contributed by atoms with Crippen LogP contribution < -0.4 is 5.73 Å². The number of nitrogens with two attached hydrogens (primary N) is 1. The van der Waals surface area contributed by atoms with Crippen LogP contribution in [-0.2, 0) is 0 Å². The predicted octanol–water partition coefficient (Wildman–Crippen LogP) is 2.81. The Kier molecular flexibility index (Phi) is 11.2. The molecule has 4 heteroatoms. The Balaban J connectivity index is 3.24. The van der Waals surface area contributed by atoms with Gasteiger partial charge in [-0.3, -0.25) is 0 Å². The van der Waals surface area contributed by atoms with E-state index in [1.807, 2.05) is 0 Å². The van der Waals surface area contributed by atoms with E-state index < -0.39 is 0 Å². The van der Waals surface area contributed by atoms with E-state index in [-0.39, 0.29) is 0 Å². The zero-order valence-corrected chi connectivity index (χ0v) is 11.5. The first kappa shape index (κ1) is 16.2. The molecule has 0 aromatic heterocycles. The molecular weight excluding hydrogens is 214 g/mol. The Morgan fingerprint density at radius 1 is 1.06 bits per heavy atom. The van der Waals surface area contributed by atoms with Gasteiger partial charge in [-0.05, 0) is 20.0 Å². The topological polar surface area (TPSA) is 61.8 Å². The molecule has 0 aliphatic carbocycles. The summed E-state index contributed by atoms with van der Waals surface area (Å²) in [7, 11) is 2.09. The lowest BCUT2D eigenvalue weighted by molar-refractivity contribution is 0.309. The summed E-state index contributed by atoms with van der Waals surface area (Å²) in [5.74, 6) is 0.316. The second-order valence-electron chi connectivity index (χ2n) is 4.77. The van der Waals surface area contributed by atoms with Gasteiger partial charge in [0.05, 0.1) is 0 Å². The van der Waals surface area contributed by atoms with Gasteiger partial charge in [0.1, 0.15) is 5.84 Å². The molecule has 0 saturated carbocycles. The van der Waals surface area contributed by atoms with Gasteiger partial charge < -0.3 is 15.8 Å². The standard InChI is InChI=1S/C13H29N3O/c1-3-4-5-6-7-8-9-11-16(2)12-10-13(14)15-17/h17H,3-12H2,1-2H3,(H2,14,15). The molecule has 0 amide bonds. The van der Waals surface area contributed by atoms with Crippen molar-refractivity contribution >= 4 is 5.84 Å². The van der Waals surface area contributed by atoms with E-state index in [0.717, 1.165) is 13.1 Å². The van der Waals surface area contributed by atoms with Crippen molar-refractivity contribution in [2.75, 3.05) is 20.1 Å². The summed E-state index contributed by atoms with van der Waals surface area (Å²) in [6.45, 7) is 4.22. The van der Waals surface area contributed by atoms with Gasteiger partial charge in [0.25, 0.3) is 0 Å². The number of amidine groups is 1. The number of oxime groups is 1. The Bertz CT molecular complexity index is 195. The Morgan fingerprint density at radius 3 is 2.24 bits per heavy atom. The summed E-state index contributed by atoms with van der Waals surface area (Å²) < 4.78 is 0. The van der Waals surface area contributed by atoms with Gasteiger partial charge in [-0.2, -0.15) is 0 Å². The Morgan fingerprint density at radius 2 is 1.65 bits per heavy atom. The first-order valence-corrected chi connectivity index (χ1v) is 6.85. The van der Waals surface area contributed by atoms with Gasteiger partial charge in [-0.15, -0.1) is 0 Å². The van der Waals surface area contributed by atoms with E-state index in [1.165, 1.54) is 44.9 Å². The van der Waals surface area contributed by atoms with Crippen molar-refractivity contribution in [3.63, 3.8) is 0 Å². The summed E-state index contributed by atoms with van der Waals surface area (Å²) in [5.41, 5.74) is 5.42. The van der Waals surface area contributed by atoms with Crippen LogP contribution in [0.15, 0.2) is 5.16 Å². The minimum Gasteiger partial charge on any atom is -0.409 e. The lowest BCUT2D eigenvalue weighted by Gasteiger charge is -2.15. The Hall–Kier alpha value is -0.770. The number of unbranched alkanes of at least 4 members (excludes halogenated alkanes) is 6. The van der Waals surface area contributed by atoms with Gasteiger partial charge in [0.2, 0.25) is 0 Å². The van der Waals surface area contributed by atoms with E-state index in [4.69, 9.17) is 10.9 Å². The molecule has 0 aromatic carbocycles. The molecule has 17 heavy (non-hydrogen) atoms. The lowest BCUT2D eigenvalue weighted by Crippen LogP contribution is -2.25. The number of hydrogen-bond acceptors (Lipinski definition) is 3. The molecule has 0 saturated heterocycles. The van der Waals surface area contributed by atoms with Crippen molar-refractivity contribution in [1.29, 1.82) is 0 Å². The van der Waals surface area contributed by atoms with Crippen molar-refractivity contribution in [1.82, 2.24) is 4.90 Å². The maximum absolute atomic E-state index is 8.41. The monoisotopic (exact) mass is 243 g/mol. The van der Waals surface area contributed by atoms with Crippen LogP contribution in [0.1, 0.15) is 58.3 Å². The van der Waals surface area contributed by atoms with Gasteiger partial charge in [-0.25, -0.2) is 0 Å². The highest BCUT2D eigenvalue weighted by Gasteiger charge is 2.00. The largest absolute Gasteiger partial charge is 0.409 e. The second kappa shape index (κ2) is 11.7. The molecule has 0 heterocycles. The average molecular weight is 243 g/mol. The van der Waals surface area contributed by atoms with Gasteiger partial charge >= 0.3 is 0 Å². The third-order valence-corrected chi connectivity index (χ3v) is 3.02. The number of nitrogens with zero attached hydrogens (tertiary/aromatic N) is 2. The molecule has 0 bridgehead atoms. The van der Waals surface area contributed by atoms with E-state index in [0.29, 0.717) is 12.3 Å². The molecule has 0 rings (SSSR count). The molecule has 4 nitrogen and oxygen atoms in total. The fraction of sp³-hybridized carbons (Fsp3) is 0.923. The van der Waals surface area contributed by atoms with Crippen molar-refractivity contribution < 1.29 is 5.21 Å². The fourth-order valence-electron chi connectivity index (χ4n) is 1.81. The highest BCUT2D eigenvalue weighted by molar-refractivity contribution is 5.79. The summed E-state index contributed by atoms with van der Waals surface area (Å²) in [5, 5.41) is 11.4. The van der Waals surface area contributed by atoms with Crippen LogP contribution in [0.5, 0.6) is 0 Å². The highest BCUT2D eigenvalue weighted by atomic mass is 16.4. The fourth-order valence-corrected chi connectivity index (χ4v) is 1.81. The molecule has 0 spiro atoms. The van der Waals surface area contributed by atoms with Crippen LogP contribution in [0, 0.1) is 0 Å². The summed E-state index contributed by atoms with van der Waals surface area (Å²) in [6.07, 6.45) is 10.0. The summed E-state index contributed by atoms with van der Waals surface area (Å²) >= 11 is 0. The molecule has 0 aliphatic rings. The van der Waals surface area contributed by atoms with E-state index >= 15 is 0 Å². The quantitative estimate of drug-likeness (QED) is 0.193. The summed E-state index contributed by atoms with van der Waals surface area (Å²) in [4.78, 5) is 2.24. The third kappa shape index (κ3) is 11.5. The van der Waals surface area contributed by atoms with Crippen LogP contribution in [-0.4, -0.2) is 36.1 Å². The highest BCUT2D eigenvalue weighted by Crippen LogP contribution is 2.07. The maximum atomic E-state index is 8.41. The van der Waals surface area contributed by atoms with Gasteiger partial charge in [0.15, 0.2) is 0 Å². The van der Waals surface area contributed by atoms with Crippen LogP contribution in [0.25, 0.3) is 0 Å². The van der Waals surface area contributed by atoms with Crippen molar-refractivity contribution in [3.05, 3.63) is 0 Å². The lowest BCUT2D eigenvalue weighted by atomic mass is 10.1. The smallest absolute Gasteiger partial charge is 0.140 e. The van der Waals surface area contributed by atoms with Crippen LogP contribution in [0.3, 0.4) is 0 Å². The zero-order chi connectivity index (χ0) is 12.9. The zero-order valence-electron chi connectivity index (χ0n) is 11.5. The maximum Gasteiger partial charge on any atom is 0.140 e. The molecule has 102 valence electrons. The van der Waals surface area contributed by atoms with E-state index in [2.05, 4.69) is 24.0 Å². The molecule has 0 aromatic rings. The second-order valence-corrected chi connectivity index (χ2v) is 4.77. The first-order chi connectivity index (χ1) is 8.20. The van der Waals surface area contributed by atoms with E-state index in [1.54, 1.807) is 0 Å². The molecular formula is C13H29N3O. The van der Waals surface area contributed by atoms with Gasteiger partial charge in [-0.1, -0.05) is 50.6 Å². The normalized spacial score (nSPS) is 12.3. The molecule has 0 fully saturated rings. The molecule has 0 atom stereocenters.